The molecule has 0 saturated carbocycles. The van der Waals surface area contributed by atoms with Crippen molar-refractivity contribution in [3.8, 4) is 0 Å². The van der Waals surface area contributed by atoms with Gasteiger partial charge in [-0.25, -0.2) is 23.9 Å². The maximum Gasteiger partial charge on any atom is 0.241 e. The van der Waals surface area contributed by atoms with Crippen molar-refractivity contribution >= 4 is 11.6 Å². The molecule has 1 fully saturated rings. The Hall–Kier alpha value is -4.55. The van der Waals surface area contributed by atoms with Crippen molar-refractivity contribution in [2.75, 3.05) is 44.2 Å². The Morgan fingerprint density at radius 1 is 1.10 bits per heavy atom. The van der Waals surface area contributed by atoms with Gasteiger partial charge in [-0.05, 0) is 35.9 Å². The third-order valence-electron chi connectivity index (χ3n) is 7.71. The van der Waals surface area contributed by atoms with Gasteiger partial charge in [0, 0.05) is 55.4 Å². The van der Waals surface area contributed by atoms with Crippen LogP contribution in [-0.2, 0) is 16.9 Å². The molecule has 3 aromatic rings. The average Bonchev–Trinajstić information content (AvgIpc) is 3.65. The average molecular weight is 575 g/mol. The van der Waals surface area contributed by atoms with Crippen LogP contribution >= 0.6 is 0 Å². The predicted octanol–water partition coefficient (Wildman–Crippen LogP) is 1.91. The summed E-state index contributed by atoms with van der Waals surface area (Å²) in [6.07, 6.45) is 10.4. The molecule has 3 aliphatic rings. The van der Waals surface area contributed by atoms with E-state index in [2.05, 4.69) is 37.9 Å². The molecule has 6 rings (SSSR count). The second-order valence-electron chi connectivity index (χ2n) is 10.6. The number of halogens is 2. The van der Waals surface area contributed by atoms with E-state index in [1.54, 1.807) is 5.01 Å². The lowest BCUT2D eigenvalue weighted by Gasteiger charge is -2.36. The number of hydrogen-bond acceptors (Lipinski definition) is 8. The van der Waals surface area contributed by atoms with Gasteiger partial charge in [0.25, 0.3) is 0 Å². The van der Waals surface area contributed by atoms with Crippen molar-refractivity contribution in [2.45, 2.75) is 18.2 Å². The number of para-hydroxylation sites is 1. The molecule has 0 spiro atoms. The Morgan fingerprint density at radius 3 is 2.64 bits per heavy atom. The van der Waals surface area contributed by atoms with Crippen molar-refractivity contribution in [3.05, 3.63) is 114 Å². The zero-order valence-corrected chi connectivity index (χ0v) is 22.9. The second kappa shape index (κ2) is 11.7. The van der Waals surface area contributed by atoms with Gasteiger partial charge < -0.3 is 25.2 Å². The number of benzene rings is 2. The van der Waals surface area contributed by atoms with Crippen LogP contribution in [0.25, 0.3) is 0 Å². The monoisotopic (exact) mass is 574 g/mol. The highest BCUT2D eigenvalue weighted by molar-refractivity contribution is 5.79. The highest BCUT2D eigenvalue weighted by Crippen LogP contribution is 2.30. The summed E-state index contributed by atoms with van der Waals surface area (Å²) in [5.74, 6) is -1.53. The molecule has 0 bridgehead atoms. The van der Waals surface area contributed by atoms with Gasteiger partial charge in [-0.1, -0.05) is 30.3 Å². The Labute approximate surface area is 242 Å². The number of β-amino-alcohol motifs (C(OH)–C–C–N with tert-alkyl or cyclic N) is 1. The number of carbonyl (C=O) groups is 1. The van der Waals surface area contributed by atoms with Crippen LogP contribution in [0.15, 0.2) is 96.9 Å². The summed E-state index contributed by atoms with van der Waals surface area (Å²) in [7, 11) is 0. The number of amides is 1. The fraction of sp³-hybridized carbons (Fsp3) is 0.300. The number of aliphatic hydroxyl groups is 1. The van der Waals surface area contributed by atoms with Gasteiger partial charge in [0.05, 0.1) is 25.7 Å². The third-order valence-corrected chi connectivity index (χ3v) is 7.71. The molecule has 12 heteroatoms. The highest BCUT2D eigenvalue weighted by Gasteiger charge is 2.37. The molecule has 42 heavy (non-hydrogen) atoms. The van der Waals surface area contributed by atoms with E-state index >= 15 is 0 Å². The molecule has 2 aliphatic heterocycles. The van der Waals surface area contributed by atoms with Crippen molar-refractivity contribution in [1.82, 2.24) is 35.4 Å². The van der Waals surface area contributed by atoms with E-state index in [0.29, 0.717) is 13.1 Å². The summed E-state index contributed by atoms with van der Waals surface area (Å²) in [4.78, 5) is 21.0. The number of fused-ring (bicyclic) bond motifs is 1. The Morgan fingerprint density at radius 2 is 1.90 bits per heavy atom. The lowest BCUT2D eigenvalue weighted by molar-refractivity contribution is -0.130. The summed E-state index contributed by atoms with van der Waals surface area (Å²) in [6, 6.07) is 13.2. The largest absolute Gasteiger partial charge is 0.381 e. The molecule has 218 valence electrons. The Bertz CT molecular complexity index is 1500. The van der Waals surface area contributed by atoms with Crippen LogP contribution in [0.4, 0.5) is 14.5 Å². The molecule has 2 aromatic carbocycles. The first kappa shape index (κ1) is 27.6. The molecule has 1 amide bonds. The van der Waals surface area contributed by atoms with Crippen LogP contribution in [0.2, 0.25) is 0 Å². The molecule has 1 aromatic heterocycles. The number of nitrogens with zero attached hydrogens (tertiary/aromatic N) is 6. The Balaban J connectivity index is 1.08. The van der Waals surface area contributed by atoms with Gasteiger partial charge in [0.15, 0.2) is 0 Å². The topological polar surface area (TPSA) is 102 Å². The minimum atomic E-state index is -1.76. The fourth-order valence-corrected chi connectivity index (χ4v) is 5.55. The molecular formula is C30H32F2N8O2. The maximum absolute atomic E-state index is 14.8. The molecule has 3 heterocycles. The minimum Gasteiger partial charge on any atom is -0.381 e. The van der Waals surface area contributed by atoms with Gasteiger partial charge in [0.1, 0.15) is 29.9 Å². The molecule has 10 nitrogen and oxygen atoms in total. The van der Waals surface area contributed by atoms with Crippen molar-refractivity contribution in [3.63, 3.8) is 0 Å². The summed E-state index contributed by atoms with van der Waals surface area (Å²) >= 11 is 0. The normalized spacial score (nSPS) is 19.7. The quantitative estimate of drug-likeness (QED) is 0.357. The van der Waals surface area contributed by atoms with Crippen molar-refractivity contribution in [1.29, 1.82) is 0 Å². The maximum atomic E-state index is 14.8. The van der Waals surface area contributed by atoms with Gasteiger partial charge in [0.2, 0.25) is 5.91 Å². The number of anilines is 1. The SMILES string of the molecule is O=C(CNC1=CC2=CN(CC(O)(Cn3cncn3)c3ccc(F)cc3F)NC2C=C1)N1CCN(c2ccccc2)CC1. The lowest BCUT2D eigenvalue weighted by Crippen LogP contribution is -2.50. The van der Waals surface area contributed by atoms with Crippen molar-refractivity contribution < 1.29 is 18.7 Å². The molecule has 1 aliphatic carbocycles. The second-order valence-corrected chi connectivity index (χ2v) is 10.6. The van der Waals surface area contributed by atoms with E-state index in [1.807, 2.05) is 47.5 Å². The standard InChI is InChI=1S/C30H32F2N8O2/c31-23-6-8-26(27(32)15-23)30(42,19-40-21-33-20-35-40)18-39-17-22-14-24(7-9-28(22)36-39)34-16-29(41)38-12-10-37(11-13-38)25-4-2-1-3-5-25/h1-9,14-15,17,20-21,28,34,36,42H,10-13,16,18-19H2. The summed E-state index contributed by atoms with van der Waals surface area (Å²) < 4.78 is 29.8. The zero-order chi connectivity index (χ0) is 29.1. The van der Waals surface area contributed by atoms with Crippen LogP contribution < -0.4 is 15.6 Å². The van der Waals surface area contributed by atoms with Crippen LogP contribution in [0.1, 0.15) is 5.56 Å². The van der Waals surface area contributed by atoms with Gasteiger partial charge >= 0.3 is 0 Å². The number of carbonyl (C=O) groups excluding carboxylic acids is 1. The van der Waals surface area contributed by atoms with E-state index < -0.39 is 17.2 Å². The van der Waals surface area contributed by atoms with E-state index in [0.717, 1.165) is 36.5 Å². The smallest absolute Gasteiger partial charge is 0.241 e. The molecule has 0 radical (unpaired) electrons. The lowest BCUT2D eigenvalue weighted by atomic mass is 9.92. The number of piperazine rings is 1. The zero-order valence-electron chi connectivity index (χ0n) is 22.9. The fourth-order valence-electron chi connectivity index (χ4n) is 5.55. The van der Waals surface area contributed by atoms with Crippen LogP contribution in [0.3, 0.4) is 0 Å². The van der Waals surface area contributed by atoms with Crippen LogP contribution in [0, 0.1) is 11.6 Å². The molecular weight excluding hydrogens is 542 g/mol. The summed E-state index contributed by atoms with van der Waals surface area (Å²) in [5.41, 5.74) is 4.35. The highest BCUT2D eigenvalue weighted by atomic mass is 19.1. The van der Waals surface area contributed by atoms with E-state index in [-0.39, 0.29) is 37.1 Å². The summed E-state index contributed by atoms with van der Waals surface area (Å²) in [6.45, 7) is 2.96. The number of hydrazine groups is 1. The van der Waals surface area contributed by atoms with E-state index in [1.165, 1.54) is 29.1 Å². The Kier molecular flexibility index (Phi) is 7.72. The van der Waals surface area contributed by atoms with Gasteiger partial charge in [-0.3, -0.25) is 4.79 Å². The summed E-state index contributed by atoms with van der Waals surface area (Å²) in [5, 5.41) is 20.6. The van der Waals surface area contributed by atoms with E-state index in [4.69, 9.17) is 0 Å². The minimum absolute atomic E-state index is 0.0405. The number of allylic oxidation sites excluding steroid dienone is 1. The van der Waals surface area contributed by atoms with E-state index in [9.17, 15) is 18.7 Å². The molecule has 3 N–H and O–H groups in total. The molecule has 2 atom stereocenters. The predicted molar refractivity (Wildman–Crippen MR) is 152 cm³/mol. The first-order valence-electron chi connectivity index (χ1n) is 13.8. The van der Waals surface area contributed by atoms with Crippen molar-refractivity contribution in [2.24, 2.45) is 0 Å². The molecule has 1 saturated heterocycles. The molecule has 2 unspecified atom stereocenters. The third kappa shape index (κ3) is 6.04. The van der Waals surface area contributed by atoms with Gasteiger partial charge in [-0.2, -0.15) is 5.10 Å². The number of rotatable bonds is 9. The first-order chi connectivity index (χ1) is 20.4. The van der Waals surface area contributed by atoms with Crippen LogP contribution in [-0.4, -0.2) is 81.0 Å². The number of nitrogens with one attached hydrogen (secondary N) is 2. The first-order valence-corrected chi connectivity index (χ1v) is 13.8. The number of hydrogen-bond donors (Lipinski definition) is 3. The number of aromatic nitrogens is 3. The van der Waals surface area contributed by atoms with Gasteiger partial charge in [-0.15, -0.1) is 0 Å². The van der Waals surface area contributed by atoms with Crippen LogP contribution in [0.5, 0.6) is 0 Å².